The number of aliphatic hydroxyl groups is 3. The van der Waals surface area contributed by atoms with Gasteiger partial charge in [0.15, 0.2) is 17.2 Å². The van der Waals surface area contributed by atoms with Gasteiger partial charge in [-0.1, -0.05) is 60.5 Å². The highest BCUT2D eigenvalue weighted by Crippen LogP contribution is 2.65. The van der Waals surface area contributed by atoms with Gasteiger partial charge in [0.25, 0.3) is 0 Å². The average Bonchev–Trinajstić information content (AvgIpc) is 3.45. The van der Waals surface area contributed by atoms with Gasteiger partial charge in [-0.3, -0.25) is 19.2 Å². The number of aliphatic hydroxyl groups excluding tert-OH is 2. The van der Waals surface area contributed by atoms with Crippen LogP contribution in [0.5, 0.6) is 5.75 Å². The highest BCUT2D eigenvalue weighted by Gasteiger charge is 2.72. The van der Waals surface area contributed by atoms with Gasteiger partial charge < -0.3 is 20.4 Å². The lowest BCUT2D eigenvalue weighted by molar-refractivity contribution is -0.178. The van der Waals surface area contributed by atoms with Gasteiger partial charge in [-0.2, -0.15) is 0 Å². The second-order valence-electron chi connectivity index (χ2n) is 14.9. The number of hydrogen-bond donors (Lipinski definition) is 4. The third kappa shape index (κ3) is 4.34. The lowest BCUT2D eigenvalue weighted by Gasteiger charge is -2.60. The Balaban J connectivity index is 1.71. The SMILES string of the molecule is CC(=O)C1=C(O)[C@]2(O)C(=O)C3=C(O)c4c(O)c(CCC(=O)C5CCCC5)cc(C(C)C)c4C[C@]3(C)C[C@]2(C)C(C(C)C)C1=O. The smallest absolute Gasteiger partial charge is 0.203 e. The molecule has 4 aliphatic carbocycles. The van der Waals surface area contributed by atoms with Crippen molar-refractivity contribution >= 4 is 28.9 Å². The molecule has 0 heterocycles. The summed E-state index contributed by atoms with van der Waals surface area (Å²) in [7, 11) is 0. The summed E-state index contributed by atoms with van der Waals surface area (Å²) < 4.78 is 0. The number of ketones is 4. The number of hydrogen-bond acceptors (Lipinski definition) is 8. The van der Waals surface area contributed by atoms with Gasteiger partial charge >= 0.3 is 0 Å². The van der Waals surface area contributed by atoms with E-state index in [0.717, 1.165) is 38.2 Å². The van der Waals surface area contributed by atoms with E-state index in [0.29, 0.717) is 11.1 Å². The highest BCUT2D eigenvalue weighted by atomic mass is 16.3. The topological polar surface area (TPSA) is 149 Å². The number of aryl methyl sites for hydroxylation is 1. The van der Waals surface area contributed by atoms with Gasteiger partial charge in [-0.15, -0.1) is 0 Å². The van der Waals surface area contributed by atoms with E-state index in [2.05, 4.69) is 0 Å². The zero-order chi connectivity index (χ0) is 32.7. The van der Waals surface area contributed by atoms with E-state index in [4.69, 9.17) is 0 Å². The standard InChI is InChI=1S/C36H46O8/c1-17(2)22-14-21(12-13-24(38)20-10-8-9-11-20)29(39)26-23(22)15-34(6)16-35(7)27(18(3)4)30(40)25(19(5)37)32(42)36(35,44)33(43)28(34)31(26)41/h14,17-18,20,27,39,41-42,44H,8-13,15-16H2,1-7H3/t27?,34-,35-,36+/m1/s1. The van der Waals surface area contributed by atoms with E-state index < -0.39 is 56.8 Å². The Morgan fingerprint density at radius 2 is 1.64 bits per heavy atom. The van der Waals surface area contributed by atoms with Crippen LogP contribution in [-0.2, 0) is 32.0 Å². The zero-order valence-corrected chi connectivity index (χ0v) is 27.0. The second-order valence-corrected chi connectivity index (χ2v) is 14.9. The van der Waals surface area contributed by atoms with Gasteiger partial charge in [0, 0.05) is 34.7 Å². The third-order valence-corrected chi connectivity index (χ3v) is 11.2. The second kappa shape index (κ2) is 10.7. The molecule has 0 radical (unpaired) electrons. The fourth-order valence-corrected chi connectivity index (χ4v) is 9.29. The zero-order valence-electron chi connectivity index (χ0n) is 27.0. The first-order valence-electron chi connectivity index (χ1n) is 16.0. The maximum absolute atomic E-state index is 14.6. The molecule has 1 aromatic carbocycles. The van der Waals surface area contributed by atoms with Crippen LogP contribution in [0.2, 0.25) is 0 Å². The predicted molar refractivity (Wildman–Crippen MR) is 165 cm³/mol. The molecule has 4 atom stereocenters. The number of aromatic hydroxyl groups is 1. The Kier molecular flexibility index (Phi) is 7.80. The van der Waals surface area contributed by atoms with E-state index >= 15 is 0 Å². The maximum atomic E-state index is 14.6. The van der Waals surface area contributed by atoms with Crippen LogP contribution in [0.1, 0.15) is 115 Å². The number of benzene rings is 1. The molecule has 0 aliphatic heterocycles. The van der Waals surface area contributed by atoms with E-state index in [1.165, 1.54) is 0 Å². The molecular weight excluding hydrogens is 560 g/mol. The van der Waals surface area contributed by atoms with Gasteiger partial charge in [-0.05, 0) is 67.6 Å². The fourth-order valence-electron chi connectivity index (χ4n) is 9.29. The molecule has 44 heavy (non-hydrogen) atoms. The van der Waals surface area contributed by atoms with Gasteiger partial charge in [0.2, 0.25) is 5.78 Å². The van der Waals surface area contributed by atoms with Crippen molar-refractivity contribution in [2.45, 2.75) is 111 Å². The summed E-state index contributed by atoms with van der Waals surface area (Å²) in [5.41, 5.74) is -3.74. The van der Waals surface area contributed by atoms with Crippen molar-refractivity contribution in [1.29, 1.82) is 0 Å². The Morgan fingerprint density at radius 3 is 2.18 bits per heavy atom. The molecule has 1 aromatic rings. The van der Waals surface area contributed by atoms with Crippen LogP contribution in [0.3, 0.4) is 0 Å². The molecule has 0 amide bonds. The van der Waals surface area contributed by atoms with Crippen LogP contribution >= 0.6 is 0 Å². The summed E-state index contributed by atoms with van der Waals surface area (Å²) in [6, 6.07) is 1.90. The molecular formula is C36H46O8. The van der Waals surface area contributed by atoms with Crippen molar-refractivity contribution in [2.75, 3.05) is 0 Å². The molecule has 238 valence electrons. The lowest BCUT2D eigenvalue weighted by Crippen LogP contribution is -2.69. The van der Waals surface area contributed by atoms with Crippen molar-refractivity contribution in [1.82, 2.24) is 0 Å². The van der Waals surface area contributed by atoms with Crippen molar-refractivity contribution < 1.29 is 39.6 Å². The molecule has 0 bridgehead atoms. The molecule has 2 fully saturated rings. The normalized spacial score (nSPS) is 30.6. The monoisotopic (exact) mass is 606 g/mol. The summed E-state index contributed by atoms with van der Waals surface area (Å²) in [5, 5.41) is 47.1. The molecule has 1 unspecified atom stereocenters. The Morgan fingerprint density at radius 1 is 1.02 bits per heavy atom. The van der Waals surface area contributed by atoms with Gasteiger partial charge in [-0.25, -0.2) is 0 Å². The van der Waals surface area contributed by atoms with Crippen LogP contribution < -0.4 is 0 Å². The maximum Gasteiger partial charge on any atom is 0.203 e. The summed E-state index contributed by atoms with van der Waals surface area (Å²) >= 11 is 0. The summed E-state index contributed by atoms with van der Waals surface area (Å²) in [5.74, 6) is -5.11. The van der Waals surface area contributed by atoms with Crippen LogP contribution in [-0.4, -0.2) is 49.2 Å². The third-order valence-electron chi connectivity index (χ3n) is 11.2. The highest BCUT2D eigenvalue weighted by molar-refractivity contribution is 6.24. The molecule has 0 spiro atoms. The number of rotatable bonds is 7. The molecule has 2 saturated carbocycles. The van der Waals surface area contributed by atoms with Crippen LogP contribution in [0.25, 0.3) is 5.76 Å². The van der Waals surface area contributed by atoms with Gasteiger partial charge in [0.1, 0.15) is 28.6 Å². The molecule has 4 N–H and O–H groups in total. The minimum atomic E-state index is -2.64. The Labute approximate surface area is 259 Å². The molecule has 0 aromatic heterocycles. The molecule has 5 rings (SSSR count). The number of phenols is 1. The van der Waals surface area contributed by atoms with E-state index in [1.807, 2.05) is 26.8 Å². The quantitative estimate of drug-likeness (QED) is 0.276. The molecule has 8 heteroatoms. The van der Waals surface area contributed by atoms with Crippen molar-refractivity contribution in [3.8, 4) is 5.75 Å². The number of allylic oxidation sites excluding steroid dienone is 1. The van der Waals surface area contributed by atoms with Crippen molar-refractivity contribution in [3.63, 3.8) is 0 Å². The Hall–Kier alpha value is -3.26. The Bertz CT molecular complexity index is 1540. The fraction of sp³-hybridized carbons (Fsp3) is 0.611. The average molecular weight is 607 g/mol. The molecule has 4 aliphatic rings. The predicted octanol–water partition coefficient (Wildman–Crippen LogP) is 6.01. The molecule has 8 nitrogen and oxygen atoms in total. The van der Waals surface area contributed by atoms with Crippen molar-refractivity contribution in [3.05, 3.63) is 45.2 Å². The van der Waals surface area contributed by atoms with Gasteiger partial charge in [0.05, 0.1) is 5.56 Å². The number of phenolic OH excluding ortho intramolecular Hbond substituents is 1. The first-order chi connectivity index (χ1) is 20.4. The first kappa shape index (κ1) is 32.1. The lowest BCUT2D eigenvalue weighted by atomic mass is 9.43. The van der Waals surface area contributed by atoms with Crippen molar-refractivity contribution in [2.24, 2.45) is 28.6 Å². The summed E-state index contributed by atoms with van der Waals surface area (Å²) in [6.45, 7) is 12.1. The van der Waals surface area contributed by atoms with E-state index in [9.17, 15) is 39.6 Å². The minimum Gasteiger partial charge on any atom is -0.508 e. The van der Waals surface area contributed by atoms with Crippen LogP contribution in [0.15, 0.2) is 23.0 Å². The number of fused-ring (bicyclic) bond motifs is 3. The number of carbonyl (C=O) groups excluding carboxylic acids is 4. The van der Waals surface area contributed by atoms with Crippen LogP contribution in [0, 0.1) is 28.6 Å². The largest absolute Gasteiger partial charge is 0.508 e. The van der Waals surface area contributed by atoms with E-state index in [1.54, 1.807) is 20.8 Å². The number of carbonyl (C=O) groups is 4. The van der Waals surface area contributed by atoms with Crippen LogP contribution in [0.4, 0.5) is 0 Å². The summed E-state index contributed by atoms with van der Waals surface area (Å²) in [4.78, 5) is 53.7. The van der Waals surface area contributed by atoms with E-state index in [-0.39, 0.29) is 66.1 Å². The first-order valence-corrected chi connectivity index (χ1v) is 16.0. The summed E-state index contributed by atoms with van der Waals surface area (Å²) in [6.07, 6.45) is 4.71. The minimum absolute atomic E-state index is 0.0110. The molecule has 0 saturated heterocycles. The number of Topliss-reactive ketones (excluding diaryl/α,β-unsaturated/α-hetero) is 4.